The van der Waals surface area contributed by atoms with Crippen LogP contribution in [-0.4, -0.2) is 19.2 Å². The summed E-state index contributed by atoms with van der Waals surface area (Å²) in [7, 11) is 0. The largest absolute Gasteiger partial charge is 0.494 e. The Labute approximate surface area is 203 Å². The quantitative estimate of drug-likeness (QED) is 0.180. The van der Waals surface area contributed by atoms with Crippen molar-refractivity contribution in [3.63, 3.8) is 0 Å². The van der Waals surface area contributed by atoms with E-state index in [1.807, 2.05) is 36.4 Å². The first-order valence-corrected chi connectivity index (χ1v) is 11.6. The van der Waals surface area contributed by atoms with E-state index in [4.69, 9.17) is 25.4 Å². The number of carbonyl (C=O) groups excluding carboxylic acids is 1. The zero-order valence-corrected chi connectivity index (χ0v) is 19.4. The van der Waals surface area contributed by atoms with Gasteiger partial charge in [-0.05, 0) is 80.3 Å². The molecular weight excluding hydrogens is 444 g/mol. The minimum atomic E-state index is -0.418. The van der Waals surface area contributed by atoms with Crippen molar-refractivity contribution in [3.05, 3.63) is 88.6 Å². The lowest BCUT2D eigenvalue weighted by Gasteiger charge is -2.08. The summed E-state index contributed by atoms with van der Waals surface area (Å²) in [5.74, 6) is 0.867. The number of para-hydroxylation sites is 1. The van der Waals surface area contributed by atoms with Gasteiger partial charge in [0.15, 0.2) is 5.43 Å². The standard InChI is InChI=1S/C28H28N2O5/c29-21-15-20(16-22(30)17-21)28(32)34-14-6-2-1-5-13-33-23-11-9-19(10-12-23)27-18-25(31)24-7-3-4-8-26(24)35-27/h3-4,7-12,15-18H,1-2,5-6,13-14,29-30H2. The summed E-state index contributed by atoms with van der Waals surface area (Å²) in [6.45, 7) is 0.938. The topological polar surface area (TPSA) is 118 Å². The van der Waals surface area contributed by atoms with E-state index in [9.17, 15) is 9.59 Å². The molecule has 1 heterocycles. The molecule has 0 atom stereocenters. The van der Waals surface area contributed by atoms with E-state index in [-0.39, 0.29) is 5.43 Å². The van der Waals surface area contributed by atoms with Crippen LogP contribution in [0.4, 0.5) is 11.4 Å². The molecule has 7 heteroatoms. The van der Waals surface area contributed by atoms with Crippen LogP contribution >= 0.6 is 0 Å². The first kappa shape index (κ1) is 23.9. The molecule has 0 fully saturated rings. The molecule has 0 aliphatic rings. The molecule has 1 aromatic heterocycles. The SMILES string of the molecule is Nc1cc(N)cc(C(=O)OCCCCCCOc2ccc(-c3cc(=O)c4ccccc4o3)cc2)c1. The van der Waals surface area contributed by atoms with Gasteiger partial charge in [0.05, 0.1) is 24.2 Å². The Bertz CT molecular complexity index is 1340. The summed E-state index contributed by atoms with van der Waals surface area (Å²) in [4.78, 5) is 24.4. The highest BCUT2D eigenvalue weighted by atomic mass is 16.5. The van der Waals surface area contributed by atoms with E-state index in [1.54, 1.807) is 30.3 Å². The fourth-order valence-corrected chi connectivity index (χ4v) is 3.75. The molecule has 0 aliphatic heterocycles. The molecule has 0 spiro atoms. The average molecular weight is 473 g/mol. The Morgan fingerprint density at radius 3 is 2.23 bits per heavy atom. The van der Waals surface area contributed by atoms with Crippen LogP contribution in [0.1, 0.15) is 36.0 Å². The van der Waals surface area contributed by atoms with Crippen molar-refractivity contribution < 1.29 is 18.7 Å². The summed E-state index contributed by atoms with van der Waals surface area (Å²) in [5.41, 5.74) is 14.0. The van der Waals surface area contributed by atoms with E-state index in [2.05, 4.69) is 0 Å². The van der Waals surface area contributed by atoms with Gasteiger partial charge in [0, 0.05) is 23.0 Å². The lowest BCUT2D eigenvalue weighted by molar-refractivity contribution is 0.0497. The molecule has 4 N–H and O–H groups in total. The van der Waals surface area contributed by atoms with Gasteiger partial charge in [-0.15, -0.1) is 0 Å². The van der Waals surface area contributed by atoms with E-state index < -0.39 is 5.97 Å². The number of nitrogen functional groups attached to an aromatic ring is 2. The van der Waals surface area contributed by atoms with Crippen LogP contribution in [-0.2, 0) is 4.74 Å². The number of rotatable bonds is 10. The van der Waals surface area contributed by atoms with Crippen molar-refractivity contribution in [2.45, 2.75) is 25.7 Å². The molecule has 0 saturated heterocycles. The van der Waals surface area contributed by atoms with Gasteiger partial charge in [-0.1, -0.05) is 12.1 Å². The normalized spacial score (nSPS) is 10.9. The van der Waals surface area contributed by atoms with E-state index >= 15 is 0 Å². The minimum Gasteiger partial charge on any atom is -0.494 e. The molecule has 0 radical (unpaired) electrons. The number of nitrogens with two attached hydrogens (primary N) is 2. The summed E-state index contributed by atoms with van der Waals surface area (Å²) >= 11 is 0. The lowest BCUT2D eigenvalue weighted by Crippen LogP contribution is -2.08. The molecule has 35 heavy (non-hydrogen) atoms. The van der Waals surface area contributed by atoms with Crippen molar-refractivity contribution in [1.29, 1.82) is 0 Å². The predicted molar refractivity (Wildman–Crippen MR) is 137 cm³/mol. The van der Waals surface area contributed by atoms with Gasteiger partial charge in [-0.25, -0.2) is 4.79 Å². The van der Waals surface area contributed by atoms with Crippen LogP contribution in [0.15, 0.2) is 82.0 Å². The van der Waals surface area contributed by atoms with Crippen molar-refractivity contribution in [2.75, 3.05) is 24.7 Å². The third-order valence-electron chi connectivity index (χ3n) is 5.53. The van der Waals surface area contributed by atoms with Crippen molar-refractivity contribution in [1.82, 2.24) is 0 Å². The molecule has 0 unspecified atom stereocenters. The summed E-state index contributed by atoms with van der Waals surface area (Å²) in [5, 5.41) is 0.570. The summed E-state index contributed by atoms with van der Waals surface area (Å²) in [6.07, 6.45) is 3.55. The van der Waals surface area contributed by atoms with Crippen LogP contribution in [0.2, 0.25) is 0 Å². The number of ether oxygens (including phenoxy) is 2. The molecule has 0 saturated carbocycles. The molecule has 180 valence electrons. The van der Waals surface area contributed by atoms with Crippen LogP contribution in [0.3, 0.4) is 0 Å². The first-order valence-electron chi connectivity index (χ1n) is 11.6. The van der Waals surface area contributed by atoms with E-state index in [1.165, 1.54) is 6.07 Å². The zero-order chi connectivity index (χ0) is 24.6. The Morgan fingerprint density at radius 2 is 1.49 bits per heavy atom. The first-order chi connectivity index (χ1) is 17.0. The Hall–Kier alpha value is -4.26. The highest BCUT2D eigenvalue weighted by Gasteiger charge is 2.09. The zero-order valence-electron chi connectivity index (χ0n) is 19.4. The Morgan fingerprint density at radius 1 is 0.800 bits per heavy atom. The second kappa shape index (κ2) is 11.2. The second-order valence-electron chi connectivity index (χ2n) is 8.28. The number of carbonyl (C=O) groups is 1. The maximum atomic E-state index is 12.3. The number of fused-ring (bicyclic) bond motifs is 1. The van der Waals surface area contributed by atoms with Crippen LogP contribution < -0.4 is 21.6 Å². The second-order valence-corrected chi connectivity index (χ2v) is 8.28. The van der Waals surface area contributed by atoms with Gasteiger partial charge in [0.1, 0.15) is 17.1 Å². The van der Waals surface area contributed by atoms with Crippen LogP contribution in [0.5, 0.6) is 5.75 Å². The minimum absolute atomic E-state index is 0.0635. The van der Waals surface area contributed by atoms with Gasteiger partial charge in [-0.2, -0.15) is 0 Å². The van der Waals surface area contributed by atoms with Crippen LogP contribution in [0.25, 0.3) is 22.3 Å². The molecular formula is C28H28N2O5. The van der Waals surface area contributed by atoms with Crippen molar-refractivity contribution >= 4 is 28.3 Å². The van der Waals surface area contributed by atoms with Gasteiger partial charge in [-0.3, -0.25) is 4.79 Å². The lowest BCUT2D eigenvalue weighted by atomic mass is 10.1. The summed E-state index contributed by atoms with van der Waals surface area (Å²) < 4.78 is 17.0. The molecule has 0 bridgehead atoms. The number of esters is 1. The van der Waals surface area contributed by atoms with Gasteiger partial charge < -0.3 is 25.4 Å². The highest BCUT2D eigenvalue weighted by molar-refractivity contribution is 5.91. The van der Waals surface area contributed by atoms with Crippen LogP contribution in [0, 0.1) is 0 Å². The monoisotopic (exact) mass is 472 g/mol. The summed E-state index contributed by atoms with van der Waals surface area (Å²) in [6, 6.07) is 20.9. The molecule has 7 nitrogen and oxygen atoms in total. The third-order valence-corrected chi connectivity index (χ3v) is 5.53. The van der Waals surface area contributed by atoms with Gasteiger partial charge in [0.25, 0.3) is 0 Å². The highest BCUT2D eigenvalue weighted by Crippen LogP contribution is 2.24. The predicted octanol–water partition coefficient (Wildman–Crippen LogP) is 5.42. The smallest absolute Gasteiger partial charge is 0.338 e. The third kappa shape index (κ3) is 6.41. The number of unbranched alkanes of at least 4 members (excludes halogenated alkanes) is 3. The average Bonchev–Trinajstić information content (AvgIpc) is 2.85. The number of hydrogen-bond donors (Lipinski definition) is 2. The number of anilines is 2. The maximum absolute atomic E-state index is 12.3. The van der Waals surface area contributed by atoms with Crippen molar-refractivity contribution in [3.8, 4) is 17.1 Å². The van der Waals surface area contributed by atoms with Gasteiger partial charge >= 0.3 is 5.97 Å². The van der Waals surface area contributed by atoms with E-state index in [0.29, 0.717) is 46.9 Å². The number of hydrogen-bond acceptors (Lipinski definition) is 7. The Balaban J connectivity index is 1.15. The maximum Gasteiger partial charge on any atom is 0.338 e. The van der Waals surface area contributed by atoms with Gasteiger partial charge in [0.2, 0.25) is 0 Å². The van der Waals surface area contributed by atoms with E-state index in [0.717, 1.165) is 37.0 Å². The fraction of sp³-hybridized carbons (Fsp3) is 0.214. The Kier molecular flexibility index (Phi) is 7.67. The van der Waals surface area contributed by atoms with Crippen molar-refractivity contribution in [2.24, 2.45) is 0 Å². The molecule has 3 aromatic carbocycles. The molecule has 4 aromatic rings. The molecule has 0 aliphatic carbocycles. The fourth-order valence-electron chi connectivity index (χ4n) is 3.75. The number of benzene rings is 3. The molecule has 0 amide bonds. The molecule has 4 rings (SSSR count).